The van der Waals surface area contributed by atoms with Crippen LogP contribution in [-0.4, -0.2) is 62.8 Å². The van der Waals surface area contributed by atoms with Crippen LogP contribution in [0.4, 0.5) is 0 Å². The summed E-state index contributed by atoms with van der Waals surface area (Å²) in [7, 11) is 0. The van der Waals surface area contributed by atoms with E-state index in [0.29, 0.717) is 23.1 Å². The minimum atomic E-state index is -1.27. The third kappa shape index (κ3) is 6.05. The van der Waals surface area contributed by atoms with Crippen molar-refractivity contribution >= 4 is 23.7 Å². The van der Waals surface area contributed by atoms with E-state index in [9.17, 15) is 24.3 Å². The average Bonchev–Trinajstić information content (AvgIpc) is 2.91. The van der Waals surface area contributed by atoms with Gasteiger partial charge in [-0.25, -0.2) is 0 Å². The lowest BCUT2D eigenvalue weighted by atomic mass is 10.0. The third-order valence-corrected chi connectivity index (χ3v) is 6.48. The van der Waals surface area contributed by atoms with Gasteiger partial charge in [0, 0.05) is 36.6 Å². The van der Waals surface area contributed by atoms with Crippen LogP contribution in [0.1, 0.15) is 56.3 Å². The van der Waals surface area contributed by atoms with E-state index in [2.05, 4.69) is 10.3 Å². The fourth-order valence-corrected chi connectivity index (χ4v) is 4.70. The van der Waals surface area contributed by atoms with Gasteiger partial charge in [0.1, 0.15) is 0 Å². The number of nitrogens with one attached hydrogen (secondary N) is 1. The molecule has 0 aliphatic carbocycles. The van der Waals surface area contributed by atoms with Gasteiger partial charge in [-0.3, -0.25) is 24.2 Å². The largest absolute Gasteiger partial charge is 0.481 e. The van der Waals surface area contributed by atoms with Crippen LogP contribution in [0.3, 0.4) is 0 Å². The van der Waals surface area contributed by atoms with Crippen LogP contribution in [0.15, 0.2) is 73.1 Å². The molecule has 2 aromatic carbocycles. The van der Waals surface area contributed by atoms with Crippen molar-refractivity contribution in [2.24, 2.45) is 0 Å². The molecule has 1 aromatic heterocycles. The van der Waals surface area contributed by atoms with E-state index in [4.69, 9.17) is 0 Å². The number of carboxylic acids is 1. The predicted molar refractivity (Wildman–Crippen MR) is 140 cm³/mol. The van der Waals surface area contributed by atoms with Gasteiger partial charge >= 0.3 is 5.97 Å². The Morgan fingerprint density at radius 2 is 1.50 bits per heavy atom. The minimum Gasteiger partial charge on any atom is -0.481 e. The lowest BCUT2D eigenvalue weighted by molar-refractivity contribution is -0.138. The molecule has 2 unspecified atom stereocenters. The molecule has 2 N–H and O–H groups in total. The second-order valence-corrected chi connectivity index (χ2v) is 9.40. The molecular formula is C29H30N4O5. The summed E-state index contributed by atoms with van der Waals surface area (Å²) in [5, 5.41) is 12.4. The SMILES string of the molecule is Cc1cccc(C(=O)N2CCCN(C(=O)c3ccncc3)C2C(=O)NC(CC(=O)O)c2cccc(C)c2)c1. The van der Waals surface area contributed by atoms with Gasteiger partial charge in [0.25, 0.3) is 17.7 Å². The molecule has 2 atom stereocenters. The Kier molecular flexibility index (Phi) is 8.15. The Balaban J connectivity index is 1.72. The summed E-state index contributed by atoms with van der Waals surface area (Å²) in [6.45, 7) is 4.26. The van der Waals surface area contributed by atoms with Gasteiger partial charge in [0.05, 0.1) is 12.5 Å². The molecule has 1 saturated heterocycles. The number of carbonyl (C=O) groups is 4. The van der Waals surface area contributed by atoms with Crippen molar-refractivity contribution in [1.29, 1.82) is 0 Å². The summed E-state index contributed by atoms with van der Waals surface area (Å²) in [5.41, 5.74) is 3.17. The normalized spacial score (nSPS) is 16.0. The predicted octanol–water partition coefficient (Wildman–Crippen LogP) is 3.35. The fraction of sp³-hybridized carbons (Fsp3) is 0.276. The summed E-state index contributed by atoms with van der Waals surface area (Å²) in [6.07, 6.45) is 1.84. The van der Waals surface area contributed by atoms with Gasteiger partial charge in [-0.15, -0.1) is 0 Å². The monoisotopic (exact) mass is 514 g/mol. The molecule has 1 fully saturated rings. The summed E-state index contributed by atoms with van der Waals surface area (Å²) >= 11 is 0. The molecule has 9 nitrogen and oxygen atoms in total. The summed E-state index contributed by atoms with van der Waals surface area (Å²) in [4.78, 5) is 59.5. The molecule has 0 bridgehead atoms. The Morgan fingerprint density at radius 1 is 0.895 bits per heavy atom. The topological polar surface area (TPSA) is 120 Å². The molecule has 0 saturated carbocycles. The van der Waals surface area contributed by atoms with Crippen molar-refractivity contribution < 1.29 is 24.3 Å². The van der Waals surface area contributed by atoms with Crippen LogP contribution in [0.5, 0.6) is 0 Å². The van der Waals surface area contributed by atoms with Gasteiger partial charge in [-0.05, 0) is 50.1 Å². The Morgan fingerprint density at radius 3 is 2.11 bits per heavy atom. The van der Waals surface area contributed by atoms with E-state index in [1.807, 2.05) is 32.0 Å². The van der Waals surface area contributed by atoms with Crippen molar-refractivity contribution in [1.82, 2.24) is 20.1 Å². The number of aromatic nitrogens is 1. The van der Waals surface area contributed by atoms with Gasteiger partial charge in [0.2, 0.25) is 0 Å². The second kappa shape index (κ2) is 11.7. The van der Waals surface area contributed by atoms with Crippen molar-refractivity contribution in [2.75, 3.05) is 13.1 Å². The van der Waals surface area contributed by atoms with Crippen molar-refractivity contribution in [3.8, 4) is 0 Å². The molecule has 1 aliphatic heterocycles. The van der Waals surface area contributed by atoms with Gasteiger partial charge in [0.15, 0.2) is 6.17 Å². The van der Waals surface area contributed by atoms with Gasteiger partial charge in [-0.2, -0.15) is 0 Å². The molecule has 2 heterocycles. The number of carbonyl (C=O) groups excluding carboxylic acids is 3. The van der Waals surface area contributed by atoms with Crippen LogP contribution in [0, 0.1) is 13.8 Å². The minimum absolute atomic E-state index is 0.255. The molecule has 3 aromatic rings. The highest BCUT2D eigenvalue weighted by Crippen LogP contribution is 2.24. The first-order valence-electron chi connectivity index (χ1n) is 12.4. The van der Waals surface area contributed by atoms with E-state index in [1.54, 1.807) is 42.5 Å². The lowest BCUT2D eigenvalue weighted by Crippen LogP contribution is -2.63. The summed E-state index contributed by atoms with van der Waals surface area (Å²) < 4.78 is 0. The number of hydrogen-bond acceptors (Lipinski definition) is 5. The maximum atomic E-state index is 13.9. The highest BCUT2D eigenvalue weighted by atomic mass is 16.4. The number of rotatable bonds is 7. The molecule has 0 spiro atoms. The average molecular weight is 515 g/mol. The highest BCUT2D eigenvalue weighted by molar-refractivity contribution is 6.01. The number of nitrogens with zero attached hydrogens (tertiary/aromatic N) is 3. The van der Waals surface area contributed by atoms with Crippen LogP contribution >= 0.6 is 0 Å². The summed E-state index contributed by atoms with van der Waals surface area (Å²) in [6, 6.07) is 16.5. The Bertz CT molecular complexity index is 1340. The maximum absolute atomic E-state index is 13.9. The Hall–Kier alpha value is -4.53. The lowest BCUT2D eigenvalue weighted by Gasteiger charge is -2.43. The Labute approximate surface area is 221 Å². The van der Waals surface area contributed by atoms with Gasteiger partial charge in [-0.1, -0.05) is 47.5 Å². The van der Waals surface area contributed by atoms with Crippen LogP contribution in [0.2, 0.25) is 0 Å². The van der Waals surface area contributed by atoms with Gasteiger partial charge < -0.3 is 20.2 Å². The second-order valence-electron chi connectivity index (χ2n) is 9.40. The highest BCUT2D eigenvalue weighted by Gasteiger charge is 2.41. The molecule has 1 aliphatic rings. The zero-order valence-electron chi connectivity index (χ0n) is 21.3. The molecule has 4 rings (SSSR count). The molecule has 196 valence electrons. The van der Waals surface area contributed by atoms with Crippen molar-refractivity contribution in [3.05, 3.63) is 101 Å². The first-order chi connectivity index (χ1) is 18.2. The standard InChI is InChI=1S/C29H30N4O5/c1-19-6-3-8-22(16-19)24(18-25(34)35)31-26(36)27-32(28(37)21-10-12-30-13-11-21)14-5-15-33(27)29(38)23-9-4-7-20(2)17-23/h3-4,6-13,16-17,24,27H,5,14-15,18H2,1-2H3,(H,31,36)(H,34,35). The van der Waals surface area contributed by atoms with Crippen LogP contribution in [0.25, 0.3) is 0 Å². The van der Waals surface area contributed by atoms with E-state index >= 15 is 0 Å². The number of carboxylic acid groups (broad SMARTS) is 1. The molecule has 9 heteroatoms. The number of benzene rings is 2. The zero-order chi connectivity index (χ0) is 27.2. The molecule has 38 heavy (non-hydrogen) atoms. The number of pyridine rings is 1. The third-order valence-electron chi connectivity index (χ3n) is 6.48. The smallest absolute Gasteiger partial charge is 0.305 e. The zero-order valence-corrected chi connectivity index (χ0v) is 21.3. The van der Waals surface area contributed by atoms with E-state index in [1.165, 1.54) is 22.2 Å². The summed E-state index contributed by atoms with van der Waals surface area (Å²) in [5.74, 6) is -2.51. The molecular weight excluding hydrogens is 484 g/mol. The van der Waals surface area contributed by atoms with Crippen LogP contribution in [-0.2, 0) is 9.59 Å². The number of amides is 3. The van der Waals surface area contributed by atoms with Crippen molar-refractivity contribution in [3.63, 3.8) is 0 Å². The van der Waals surface area contributed by atoms with Crippen LogP contribution < -0.4 is 5.32 Å². The fourth-order valence-electron chi connectivity index (χ4n) is 4.70. The van der Waals surface area contributed by atoms with E-state index in [-0.39, 0.29) is 25.4 Å². The first-order valence-corrected chi connectivity index (χ1v) is 12.4. The maximum Gasteiger partial charge on any atom is 0.305 e. The molecule has 3 amide bonds. The molecule has 0 radical (unpaired) electrons. The number of aliphatic carboxylic acids is 1. The van der Waals surface area contributed by atoms with E-state index < -0.39 is 30.0 Å². The van der Waals surface area contributed by atoms with E-state index in [0.717, 1.165) is 11.1 Å². The quantitative estimate of drug-likeness (QED) is 0.499. The number of aryl methyl sites for hydroxylation is 2. The number of hydrogen-bond donors (Lipinski definition) is 2. The first kappa shape index (κ1) is 26.5. The van der Waals surface area contributed by atoms with Crippen molar-refractivity contribution in [2.45, 2.75) is 38.9 Å².